The molecule has 5 heteroatoms. The third-order valence-corrected chi connectivity index (χ3v) is 3.98. The fraction of sp³-hybridized carbons (Fsp3) is 1.00. The lowest BCUT2D eigenvalue weighted by Gasteiger charge is -2.13. The number of aliphatic hydroxyl groups excluding tert-OH is 1. The van der Waals surface area contributed by atoms with E-state index < -0.39 is 0 Å². The highest BCUT2D eigenvalue weighted by Gasteiger charge is 2.02. The van der Waals surface area contributed by atoms with Crippen molar-refractivity contribution in [2.75, 3.05) is 52.9 Å². The van der Waals surface area contributed by atoms with Crippen LogP contribution < -0.4 is 0 Å². The van der Waals surface area contributed by atoms with Gasteiger partial charge in [0.15, 0.2) is 0 Å². The minimum atomic E-state index is 0.0556. The van der Waals surface area contributed by atoms with E-state index in [0.717, 1.165) is 13.0 Å². The molecule has 1 N–H and O–H groups in total. The number of unbranched alkanes of at least 4 members (excludes halogenated alkanes) is 8. The summed E-state index contributed by atoms with van der Waals surface area (Å²) < 4.78 is 21.7. The number of hydrogen-bond donors (Lipinski definition) is 1. The van der Waals surface area contributed by atoms with Crippen LogP contribution in [0.5, 0.6) is 0 Å². The molecule has 0 aliphatic heterocycles. The zero-order valence-corrected chi connectivity index (χ0v) is 16.7. The average molecular weight is 363 g/mol. The first-order valence-electron chi connectivity index (χ1n) is 10.3. The molecule has 1 unspecified atom stereocenters. The largest absolute Gasteiger partial charge is 0.394 e. The summed E-state index contributed by atoms with van der Waals surface area (Å²) in [7, 11) is 0. The summed E-state index contributed by atoms with van der Waals surface area (Å²) in [6, 6.07) is 0. The van der Waals surface area contributed by atoms with Crippen molar-refractivity contribution in [3.05, 3.63) is 0 Å². The van der Waals surface area contributed by atoms with Gasteiger partial charge in [-0.05, 0) is 13.3 Å². The summed E-state index contributed by atoms with van der Waals surface area (Å²) in [5.74, 6) is 0. The zero-order chi connectivity index (χ0) is 18.4. The Hall–Kier alpha value is -0.200. The molecule has 0 saturated heterocycles. The number of ether oxygens (including phenoxy) is 4. The van der Waals surface area contributed by atoms with E-state index in [1.807, 2.05) is 0 Å². The first-order valence-corrected chi connectivity index (χ1v) is 10.3. The predicted octanol–water partition coefficient (Wildman–Crippen LogP) is 3.96. The minimum Gasteiger partial charge on any atom is -0.394 e. The van der Waals surface area contributed by atoms with Gasteiger partial charge < -0.3 is 24.1 Å². The first kappa shape index (κ1) is 24.8. The van der Waals surface area contributed by atoms with Crippen LogP contribution in [0.3, 0.4) is 0 Å². The van der Waals surface area contributed by atoms with Gasteiger partial charge in [0.2, 0.25) is 0 Å². The van der Waals surface area contributed by atoms with Crippen molar-refractivity contribution in [1.29, 1.82) is 0 Å². The Bertz CT molecular complexity index is 238. The van der Waals surface area contributed by atoms with Crippen molar-refractivity contribution in [1.82, 2.24) is 0 Å². The summed E-state index contributed by atoms with van der Waals surface area (Å²) in [5.41, 5.74) is 0. The van der Waals surface area contributed by atoms with Gasteiger partial charge in [0, 0.05) is 6.61 Å². The van der Waals surface area contributed by atoms with Crippen LogP contribution in [0.4, 0.5) is 0 Å². The second kappa shape index (κ2) is 21.8. The van der Waals surface area contributed by atoms with Crippen LogP contribution >= 0.6 is 0 Å². The Morgan fingerprint density at radius 3 is 1.76 bits per heavy atom. The maximum absolute atomic E-state index is 8.54. The second-order valence-electron chi connectivity index (χ2n) is 6.53. The maximum Gasteiger partial charge on any atom is 0.0780 e. The van der Waals surface area contributed by atoms with Crippen LogP contribution in [-0.4, -0.2) is 64.1 Å². The van der Waals surface area contributed by atoms with Crippen LogP contribution in [-0.2, 0) is 18.9 Å². The van der Waals surface area contributed by atoms with Gasteiger partial charge in [0.25, 0.3) is 0 Å². The lowest BCUT2D eigenvalue weighted by molar-refractivity contribution is -0.0312. The summed E-state index contributed by atoms with van der Waals surface area (Å²) in [6.45, 7) is 8.37. The monoisotopic (exact) mass is 362 g/mol. The smallest absolute Gasteiger partial charge is 0.0780 e. The Balaban J connectivity index is 3.12. The van der Waals surface area contributed by atoms with Gasteiger partial charge in [0.05, 0.1) is 52.4 Å². The third-order valence-electron chi connectivity index (χ3n) is 3.98. The Kier molecular flexibility index (Phi) is 21.7. The average Bonchev–Trinajstić information content (AvgIpc) is 2.62. The molecule has 0 aliphatic carbocycles. The molecule has 0 amide bonds. The molecule has 25 heavy (non-hydrogen) atoms. The molecule has 0 aromatic carbocycles. The molecule has 0 aliphatic rings. The summed E-state index contributed by atoms with van der Waals surface area (Å²) in [5, 5.41) is 8.54. The highest BCUT2D eigenvalue weighted by atomic mass is 16.6. The molecule has 152 valence electrons. The van der Waals surface area contributed by atoms with Crippen molar-refractivity contribution < 1.29 is 24.1 Å². The fourth-order valence-corrected chi connectivity index (χ4v) is 2.50. The van der Waals surface area contributed by atoms with E-state index in [0.29, 0.717) is 39.6 Å². The summed E-state index contributed by atoms with van der Waals surface area (Å²) in [6.07, 6.45) is 12.2. The zero-order valence-electron chi connectivity index (χ0n) is 16.7. The number of rotatable bonds is 21. The summed E-state index contributed by atoms with van der Waals surface area (Å²) in [4.78, 5) is 0. The van der Waals surface area contributed by atoms with Crippen LogP contribution in [0.1, 0.15) is 71.6 Å². The van der Waals surface area contributed by atoms with Gasteiger partial charge in [-0.25, -0.2) is 0 Å². The predicted molar refractivity (Wildman–Crippen MR) is 102 cm³/mol. The van der Waals surface area contributed by atoms with Crippen molar-refractivity contribution in [2.45, 2.75) is 77.7 Å². The summed E-state index contributed by atoms with van der Waals surface area (Å²) >= 11 is 0. The fourth-order valence-electron chi connectivity index (χ4n) is 2.50. The third kappa shape index (κ3) is 21.8. The molecule has 0 aromatic rings. The molecule has 0 radical (unpaired) electrons. The first-order chi connectivity index (χ1) is 12.3. The molecule has 0 saturated carbocycles. The lowest BCUT2D eigenvalue weighted by Crippen LogP contribution is -2.19. The second-order valence-corrected chi connectivity index (χ2v) is 6.53. The van der Waals surface area contributed by atoms with Gasteiger partial charge in [0.1, 0.15) is 0 Å². The topological polar surface area (TPSA) is 57.2 Å². The molecule has 0 bridgehead atoms. The van der Waals surface area contributed by atoms with Crippen LogP contribution in [0.25, 0.3) is 0 Å². The lowest BCUT2D eigenvalue weighted by atomic mass is 10.1. The van der Waals surface area contributed by atoms with E-state index in [1.54, 1.807) is 0 Å². The SMILES string of the molecule is CCCCCCCCCCCOC(C)COCCOCCOCCO. The van der Waals surface area contributed by atoms with Crippen molar-refractivity contribution in [2.24, 2.45) is 0 Å². The van der Waals surface area contributed by atoms with E-state index in [-0.39, 0.29) is 12.7 Å². The maximum atomic E-state index is 8.54. The standard InChI is InChI=1S/C20H42O5/c1-3-4-5-6-7-8-9-10-11-13-25-20(2)19-24-18-17-23-16-15-22-14-12-21/h20-21H,3-19H2,1-2H3. The highest BCUT2D eigenvalue weighted by molar-refractivity contribution is 4.50. The molecular formula is C20H42O5. The molecule has 0 rings (SSSR count). The molecule has 5 nitrogen and oxygen atoms in total. The molecular weight excluding hydrogens is 320 g/mol. The van der Waals surface area contributed by atoms with Gasteiger partial charge in [-0.2, -0.15) is 0 Å². The molecule has 0 spiro atoms. The Morgan fingerprint density at radius 1 is 0.640 bits per heavy atom. The van der Waals surface area contributed by atoms with E-state index in [9.17, 15) is 0 Å². The van der Waals surface area contributed by atoms with Gasteiger partial charge in [-0.1, -0.05) is 58.3 Å². The van der Waals surface area contributed by atoms with Gasteiger partial charge in [-0.15, -0.1) is 0 Å². The Morgan fingerprint density at radius 2 is 1.16 bits per heavy atom. The van der Waals surface area contributed by atoms with Gasteiger partial charge >= 0.3 is 0 Å². The van der Waals surface area contributed by atoms with Crippen LogP contribution in [0, 0.1) is 0 Å². The quantitative estimate of drug-likeness (QED) is 0.313. The molecule has 0 aromatic heterocycles. The van der Waals surface area contributed by atoms with Crippen molar-refractivity contribution in [3.63, 3.8) is 0 Å². The van der Waals surface area contributed by atoms with E-state index in [1.165, 1.54) is 51.4 Å². The van der Waals surface area contributed by atoms with E-state index in [2.05, 4.69) is 13.8 Å². The van der Waals surface area contributed by atoms with Crippen molar-refractivity contribution in [3.8, 4) is 0 Å². The highest BCUT2D eigenvalue weighted by Crippen LogP contribution is 2.09. The van der Waals surface area contributed by atoms with Crippen LogP contribution in [0.15, 0.2) is 0 Å². The number of hydrogen-bond acceptors (Lipinski definition) is 5. The van der Waals surface area contributed by atoms with Crippen molar-refractivity contribution >= 4 is 0 Å². The van der Waals surface area contributed by atoms with E-state index >= 15 is 0 Å². The molecule has 1 atom stereocenters. The van der Waals surface area contributed by atoms with Gasteiger partial charge in [-0.3, -0.25) is 0 Å². The number of aliphatic hydroxyl groups is 1. The van der Waals surface area contributed by atoms with E-state index in [4.69, 9.17) is 24.1 Å². The van der Waals surface area contributed by atoms with Crippen LogP contribution in [0.2, 0.25) is 0 Å². The molecule has 0 fully saturated rings. The normalized spacial score (nSPS) is 12.6. The molecule has 0 heterocycles. The Labute approximate surface area is 155 Å². The minimum absolute atomic E-state index is 0.0556.